The second-order valence-corrected chi connectivity index (χ2v) is 11.5. The first kappa shape index (κ1) is 29.9. The lowest BCUT2D eigenvalue weighted by Crippen LogP contribution is -2.42. The predicted octanol–water partition coefficient (Wildman–Crippen LogP) is 5.41. The van der Waals surface area contributed by atoms with Gasteiger partial charge in [-0.3, -0.25) is 0 Å². The number of carbonyl (C=O) groups is 2. The molecule has 2 aliphatic rings. The van der Waals surface area contributed by atoms with Gasteiger partial charge in [-0.05, 0) is 87.3 Å². The normalized spacial score (nSPS) is 20.1. The van der Waals surface area contributed by atoms with Crippen LogP contribution in [0.5, 0.6) is 0 Å². The number of hydrogen-bond donors (Lipinski definition) is 1. The molecule has 1 aliphatic heterocycles. The molecule has 0 aromatic heterocycles. The van der Waals surface area contributed by atoms with Gasteiger partial charge in [0.1, 0.15) is 17.2 Å². The Balaban J connectivity index is 1.44. The van der Waals surface area contributed by atoms with Gasteiger partial charge >= 0.3 is 12.1 Å². The van der Waals surface area contributed by atoms with Crippen molar-refractivity contribution in [1.29, 1.82) is 0 Å². The molecule has 0 radical (unpaired) electrons. The lowest BCUT2D eigenvalue weighted by atomic mass is 9.85. The molecule has 2 atom stereocenters. The molecule has 1 N–H and O–H groups in total. The zero-order valence-electron chi connectivity index (χ0n) is 23.8. The van der Waals surface area contributed by atoms with Crippen molar-refractivity contribution in [3.8, 4) is 0 Å². The number of ether oxygens (including phenoxy) is 3. The Labute approximate surface area is 235 Å². The van der Waals surface area contributed by atoms with E-state index in [4.69, 9.17) is 14.2 Å². The highest BCUT2D eigenvalue weighted by atomic mass is 19.1. The van der Waals surface area contributed by atoms with Gasteiger partial charge in [0.05, 0.1) is 6.61 Å². The maximum atomic E-state index is 13.8. The molecular weight excluding hydrogens is 518 g/mol. The minimum atomic E-state index is -1.68. The first-order chi connectivity index (χ1) is 19.1. The number of carbonyl (C=O) groups excluding carboxylic acids is 2. The fraction of sp³-hybridized carbons (Fsp3) is 0.548. The lowest BCUT2D eigenvalue weighted by Gasteiger charge is -2.33. The van der Waals surface area contributed by atoms with E-state index in [1.165, 1.54) is 48.5 Å². The van der Waals surface area contributed by atoms with E-state index in [0.717, 1.165) is 13.1 Å². The summed E-state index contributed by atoms with van der Waals surface area (Å²) in [4.78, 5) is 28.5. The van der Waals surface area contributed by atoms with Gasteiger partial charge in [0, 0.05) is 32.3 Å². The second kappa shape index (κ2) is 12.6. The number of nitrogens with one attached hydrogen (secondary N) is 1. The Bertz CT molecular complexity index is 1090. The summed E-state index contributed by atoms with van der Waals surface area (Å²) in [5.41, 5.74) is -1.48. The first-order valence-corrected chi connectivity index (χ1v) is 14.1. The predicted molar refractivity (Wildman–Crippen MR) is 147 cm³/mol. The van der Waals surface area contributed by atoms with Gasteiger partial charge in [0.2, 0.25) is 5.60 Å². The molecule has 4 rings (SSSR count). The van der Waals surface area contributed by atoms with Crippen LogP contribution >= 0.6 is 0 Å². The highest BCUT2D eigenvalue weighted by molar-refractivity contribution is 5.86. The van der Waals surface area contributed by atoms with Crippen molar-refractivity contribution in [2.45, 2.75) is 64.2 Å². The molecule has 2 aromatic carbocycles. The van der Waals surface area contributed by atoms with Crippen LogP contribution in [0.2, 0.25) is 0 Å². The van der Waals surface area contributed by atoms with Crippen molar-refractivity contribution >= 4 is 12.1 Å². The Morgan fingerprint density at radius 1 is 0.900 bits per heavy atom. The summed E-state index contributed by atoms with van der Waals surface area (Å²) in [7, 11) is 0. The molecule has 2 unspecified atom stereocenters. The minimum Gasteiger partial charge on any atom is -0.463 e. The van der Waals surface area contributed by atoms with Crippen LogP contribution in [0.15, 0.2) is 48.5 Å². The van der Waals surface area contributed by atoms with Gasteiger partial charge < -0.3 is 24.4 Å². The Morgan fingerprint density at radius 2 is 1.45 bits per heavy atom. The van der Waals surface area contributed by atoms with E-state index in [-0.39, 0.29) is 25.3 Å². The van der Waals surface area contributed by atoms with Gasteiger partial charge in [-0.1, -0.05) is 31.2 Å². The number of piperidine rings is 1. The van der Waals surface area contributed by atoms with E-state index in [2.05, 4.69) is 5.32 Å². The van der Waals surface area contributed by atoms with E-state index in [0.29, 0.717) is 48.8 Å². The van der Waals surface area contributed by atoms with Gasteiger partial charge in [-0.25, -0.2) is 18.4 Å². The average molecular weight is 559 g/mol. The SMILES string of the molecule is CCCOC(C(=O)OCCCCN(C(=O)OC(C)(C)C)C1C2CNCC21)(c1ccc(F)cc1)c1ccc(F)cc1. The highest BCUT2D eigenvalue weighted by Gasteiger charge is 2.57. The molecule has 1 heterocycles. The highest BCUT2D eigenvalue weighted by Crippen LogP contribution is 2.46. The summed E-state index contributed by atoms with van der Waals surface area (Å²) >= 11 is 0. The maximum absolute atomic E-state index is 13.8. The largest absolute Gasteiger partial charge is 0.463 e. The van der Waals surface area contributed by atoms with Crippen LogP contribution in [-0.4, -0.2) is 61.5 Å². The van der Waals surface area contributed by atoms with E-state index < -0.39 is 28.8 Å². The van der Waals surface area contributed by atoms with Crippen LogP contribution in [0, 0.1) is 23.5 Å². The molecule has 2 aromatic rings. The molecule has 2 fully saturated rings. The molecule has 1 saturated carbocycles. The van der Waals surface area contributed by atoms with Crippen LogP contribution in [0.4, 0.5) is 13.6 Å². The smallest absolute Gasteiger partial charge is 0.410 e. The van der Waals surface area contributed by atoms with Gasteiger partial charge in [-0.2, -0.15) is 0 Å². The number of benzene rings is 2. The molecule has 0 spiro atoms. The number of fused-ring (bicyclic) bond motifs is 1. The van der Waals surface area contributed by atoms with Crippen molar-refractivity contribution < 1.29 is 32.6 Å². The van der Waals surface area contributed by atoms with E-state index >= 15 is 0 Å². The van der Waals surface area contributed by atoms with Gasteiger partial charge in [0.15, 0.2) is 0 Å². The zero-order valence-corrected chi connectivity index (χ0v) is 23.8. The van der Waals surface area contributed by atoms with Crippen LogP contribution in [0.3, 0.4) is 0 Å². The first-order valence-electron chi connectivity index (χ1n) is 14.1. The lowest BCUT2D eigenvalue weighted by molar-refractivity contribution is -0.169. The third-order valence-corrected chi connectivity index (χ3v) is 7.37. The fourth-order valence-corrected chi connectivity index (χ4v) is 5.43. The van der Waals surface area contributed by atoms with E-state index in [1.807, 2.05) is 32.6 Å². The summed E-state index contributed by atoms with van der Waals surface area (Å²) < 4.78 is 45.1. The summed E-state index contributed by atoms with van der Waals surface area (Å²) in [5, 5.41) is 3.35. The Hall–Kier alpha value is -3.04. The van der Waals surface area contributed by atoms with Crippen molar-refractivity contribution in [1.82, 2.24) is 10.2 Å². The Kier molecular flexibility index (Phi) is 9.46. The summed E-state index contributed by atoms with van der Waals surface area (Å²) in [6, 6.07) is 11.1. The molecule has 7 nitrogen and oxygen atoms in total. The zero-order chi connectivity index (χ0) is 28.9. The minimum absolute atomic E-state index is 0.0969. The molecule has 0 bridgehead atoms. The maximum Gasteiger partial charge on any atom is 0.410 e. The van der Waals surface area contributed by atoms with Crippen molar-refractivity contribution in [2.75, 3.05) is 32.8 Å². The number of unbranched alkanes of at least 4 members (excludes halogenated alkanes) is 1. The topological polar surface area (TPSA) is 77.1 Å². The van der Waals surface area contributed by atoms with Gasteiger partial charge in [0.25, 0.3) is 0 Å². The number of hydrogen-bond acceptors (Lipinski definition) is 6. The standard InChI is InChI=1S/C31H40F2N2O5/c1-5-17-39-31(21-8-12-23(32)13-9-21,22-10-14-24(33)15-11-22)28(36)38-18-7-6-16-35(29(37)40-30(2,3)4)27-25-19-34-20-26(25)27/h8-15,25-27,34H,5-7,16-20H2,1-4H3. The molecule has 1 saturated heterocycles. The quantitative estimate of drug-likeness (QED) is 0.277. The number of amides is 1. The summed E-state index contributed by atoms with van der Waals surface area (Å²) in [5.74, 6) is -0.663. The van der Waals surface area contributed by atoms with Crippen molar-refractivity contribution in [3.63, 3.8) is 0 Å². The van der Waals surface area contributed by atoms with Crippen LogP contribution < -0.4 is 5.32 Å². The molecule has 9 heteroatoms. The van der Waals surface area contributed by atoms with Crippen molar-refractivity contribution in [2.24, 2.45) is 11.8 Å². The third kappa shape index (κ3) is 6.81. The molecule has 40 heavy (non-hydrogen) atoms. The van der Waals surface area contributed by atoms with E-state index in [9.17, 15) is 18.4 Å². The molecule has 218 valence electrons. The second-order valence-electron chi connectivity index (χ2n) is 11.5. The van der Waals surface area contributed by atoms with Crippen LogP contribution in [0.25, 0.3) is 0 Å². The average Bonchev–Trinajstić information content (AvgIpc) is 3.34. The number of esters is 1. The molecule has 1 amide bonds. The molecule has 1 aliphatic carbocycles. The van der Waals surface area contributed by atoms with Crippen LogP contribution in [-0.2, 0) is 24.6 Å². The fourth-order valence-electron chi connectivity index (χ4n) is 5.43. The monoisotopic (exact) mass is 558 g/mol. The third-order valence-electron chi connectivity index (χ3n) is 7.37. The number of nitrogens with zero attached hydrogens (tertiary/aromatic N) is 1. The van der Waals surface area contributed by atoms with Gasteiger partial charge in [-0.15, -0.1) is 0 Å². The number of halogens is 2. The Morgan fingerprint density at radius 3 is 1.95 bits per heavy atom. The molecular formula is C31H40F2N2O5. The van der Waals surface area contributed by atoms with E-state index in [1.54, 1.807) is 0 Å². The number of rotatable bonds is 12. The summed E-state index contributed by atoms with van der Waals surface area (Å²) in [6.45, 7) is 10.1. The van der Waals surface area contributed by atoms with Crippen molar-refractivity contribution in [3.05, 3.63) is 71.3 Å². The van der Waals surface area contributed by atoms with Crippen LogP contribution in [0.1, 0.15) is 58.1 Å². The summed E-state index contributed by atoms with van der Waals surface area (Å²) in [6.07, 6.45) is 1.44.